The molecule has 2 unspecified atom stereocenters. The second kappa shape index (κ2) is 34.7. The summed E-state index contributed by atoms with van der Waals surface area (Å²) >= 11 is 0. The average molecular weight is 1610 g/mol. The van der Waals surface area contributed by atoms with Crippen LogP contribution in [0.15, 0.2) is 73.2 Å². The average Bonchev–Trinajstić information content (AvgIpc) is 1.78. The van der Waals surface area contributed by atoms with Gasteiger partial charge < -0.3 is 59.1 Å². The van der Waals surface area contributed by atoms with E-state index in [4.69, 9.17) is 18.7 Å². The molecule has 0 aliphatic carbocycles. The van der Waals surface area contributed by atoms with Gasteiger partial charge in [-0.25, -0.2) is 47.4 Å². The molecule has 3 aromatic carbocycles. The van der Waals surface area contributed by atoms with E-state index < -0.39 is 194 Å². The Morgan fingerprint density at radius 2 is 1.32 bits per heavy atom. The molecule has 0 radical (unpaired) electrons. The van der Waals surface area contributed by atoms with E-state index in [1.165, 1.54) is 63.5 Å². The van der Waals surface area contributed by atoms with Crippen LogP contribution < -0.4 is 30.8 Å². The van der Waals surface area contributed by atoms with E-state index in [0.717, 1.165) is 57.4 Å². The Labute approximate surface area is 635 Å². The smallest absolute Gasteiger partial charge is 0.467 e. The highest BCUT2D eigenvalue weighted by molar-refractivity contribution is 7.46. The first kappa shape index (κ1) is 86.3. The third-order valence-electron chi connectivity index (χ3n) is 20.1. The molecule has 2 aromatic heterocycles. The number of amides is 5. The summed E-state index contributed by atoms with van der Waals surface area (Å²) in [4.78, 5) is 134. The predicted octanol–water partition coefficient (Wildman–Crippen LogP) is 7.39. The number of nitrogens with zero attached hydrogens (tertiary/aromatic N) is 8. The first-order valence-electron chi connectivity index (χ1n) is 35.0. The lowest BCUT2D eigenvalue weighted by Crippen LogP contribution is -2.64. The van der Waals surface area contributed by atoms with Gasteiger partial charge >= 0.3 is 50.8 Å². The molecule has 0 spiro atoms. The van der Waals surface area contributed by atoms with Gasteiger partial charge in [0.2, 0.25) is 17.8 Å². The number of aliphatic hydroxyl groups excluding tert-OH is 1. The predicted molar refractivity (Wildman–Crippen MR) is 374 cm³/mol. The maximum Gasteiger partial charge on any atom is 0.524 e. The van der Waals surface area contributed by atoms with E-state index in [9.17, 15) is 52.2 Å². The van der Waals surface area contributed by atoms with Crippen molar-refractivity contribution >= 4 is 55.6 Å². The maximum atomic E-state index is 16.9. The first-order chi connectivity index (χ1) is 52.3. The van der Waals surface area contributed by atoms with Gasteiger partial charge in [-0.05, 0) is 107 Å². The number of likely N-dealkylation sites (tertiary alicyclic amines) is 1. The van der Waals surface area contributed by atoms with Gasteiger partial charge in [-0.1, -0.05) is 43.9 Å². The SMILES string of the molecule is COC(=O)N[C@H](C(=O)N[C@@H](Cc1ccc(C#Cc2cnc(N3CC4CCC(C3)N4C3COC3)nc2)cc1)[C@H](CN(Cc1c(F)cc(-c2ccn(C(F)F)n2)cc1F)NC(=O)[C@@H](NC(=O)OC)C(C)(C)C(F)(F)F)OC(=O)CC(C)(C)c1c(CC(=O)N2C[C@@H](O)C[C@H]2C(=O)OC)cc(C)cc1OP(=O)(O)O)C(C)(C)C(F)(F)F. The van der Waals surface area contributed by atoms with E-state index >= 15 is 44.7 Å². The van der Waals surface area contributed by atoms with Crippen molar-refractivity contribution in [3.05, 3.63) is 124 Å². The minimum atomic E-state index is -5.61. The summed E-state index contributed by atoms with van der Waals surface area (Å²) in [5.41, 5.74) is -7.94. The number of aromatic nitrogens is 4. The number of hydrogen-bond acceptors (Lipinski definition) is 21. The Hall–Kier alpha value is -9.71. The zero-order valence-electron chi connectivity index (χ0n) is 62.3. The molecule has 4 fully saturated rings. The molecule has 5 amide bonds. The van der Waals surface area contributed by atoms with E-state index in [1.807, 2.05) is 5.32 Å². The monoisotopic (exact) mass is 1610 g/mol. The van der Waals surface area contributed by atoms with Crippen molar-refractivity contribution in [3.63, 3.8) is 0 Å². The minimum absolute atomic E-state index is 0.0799. The quantitative estimate of drug-likeness (QED) is 0.00640. The number of phosphoric acid groups is 1. The number of ether oxygens (including phenoxy) is 5. The number of rotatable bonds is 28. The molecule has 2 bridgehead atoms. The Bertz CT molecular complexity index is 4360. The second-order valence-corrected chi connectivity index (χ2v) is 30.6. The van der Waals surface area contributed by atoms with Crippen LogP contribution in [0.5, 0.6) is 5.75 Å². The molecule has 9 rings (SSSR count). The van der Waals surface area contributed by atoms with Gasteiger partial charge in [0.25, 0.3) is 5.91 Å². The number of alkyl carbamates (subject to hydrolysis) is 2. The van der Waals surface area contributed by atoms with Crippen molar-refractivity contribution in [1.29, 1.82) is 0 Å². The number of β-amino-alcohol motifs (C(OH)–C–C–N with tert-alkyl or cyclic N) is 1. The maximum absolute atomic E-state index is 16.9. The number of anilines is 1. The molecule has 8 atom stereocenters. The van der Waals surface area contributed by atoms with Crippen LogP contribution in [0.3, 0.4) is 0 Å². The molecule has 610 valence electrons. The molecule has 4 aliphatic rings. The Morgan fingerprint density at radius 3 is 1.84 bits per heavy atom. The van der Waals surface area contributed by atoms with Crippen LogP contribution in [0.4, 0.5) is 59.4 Å². The summed E-state index contributed by atoms with van der Waals surface area (Å²) in [5, 5.41) is 20.7. The van der Waals surface area contributed by atoms with Crippen LogP contribution in [0, 0.1) is 41.2 Å². The van der Waals surface area contributed by atoms with Gasteiger partial charge in [-0.3, -0.25) is 39.3 Å². The lowest BCUT2D eigenvalue weighted by molar-refractivity contribution is -0.221. The van der Waals surface area contributed by atoms with Crippen LogP contribution in [0.2, 0.25) is 0 Å². The summed E-state index contributed by atoms with van der Waals surface area (Å²) in [6.07, 6.45) is -14.5. The topological polar surface area (TPSA) is 357 Å². The number of esters is 2. The zero-order valence-corrected chi connectivity index (χ0v) is 63.2. The number of hydrogen-bond donors (Lipinski definition) is 7. The van der Waals surface area contributed by atoms with E-state index in [2.05, 4.69) is 56.9 Å². The number of alkyl halides is 8. The van der Waals surface area contributed by atoms with Gasteiger partial charge in [0.1, 0.15) is 41.6 Å². The van der Waals surface area contributed by atoms with Crippen molar-refractivity contribution in [2.24, 2.45) is 10.8 Å². The number of phosphoric ester groups is 1. The lowest BCUT2D eigenvalue weighted by Gasteiger charge is -2.47. The van der Waals surface area contributed by atoms with Gasteiger partial charge in [0, 0.05) is 90.9 Å². The summed E-state index contributed by atoms with van der Waals surface area (Å²) < 4.78 is 197. The highest BCUT2D eigenvalue weighted by Crippen LogP contribution is 2.47. The van der Waals surface area contributed by atoms with Gasteiger partial charge in [-0.15, -0.1) is 0 Å². The Kier molecular flexibility index (Phi) is 26.7. The fourth-order valence-electron chi connectivity index (χ4n) is 14.0. The molecule has 40 heteroatoms. The number of benzene rings is 3. The fraction of sp³-hybridized carbons (Fsp3) is 0.528. The largest absolute Gasteiger partial charge is 0.524 e. The number of methoxy groups -OCH3 is 3. The van der Waals surface area contributed by atoms with Gasteiger partial charge in [-0.2, -0.15) is 40.2 Å². The molecule has 6 heterocycles. The second-order valence-electron chi connectivity index (χ2n) is 29.4. The number of carbonyl (C=O) groups is 7. The fourth-order valence-corrected chi connectivity index (χ4v) is 14.4. The number of hydrazine groups is 1. The van der Waals surface area contributed by atoms with Crippen molar-refractivity contribution in [2.75, 3.05) is 65.6 Å². The molecule has 5 aromatic rings. The summed E-state index contributed by atoms with van der Waals surface area (Å²) in [6, 6.07) is 2.32. The standard InChI is InChI=1S/C72H85F10N12O17P/c1-38-21-43(26-56(96)92-33-47(95)27-53(92)63(100)106-8)58(54(22-38)111-112(103,104)105)68(2,3)28-57(97)110-55(35-91(89-62(99)60(87-67(102)108-10)70(6,7)72(80,81)82)34-48-49(73)24-42(25-50(48)74)51-19-20-93(88-51)64(75)76)52(85-61(98)59(86-66(101)107-9)69(4,5)71(77,78)79)23-40-14-11-39(12-15-40)13-16-41-29-83-65(84-30-41)90-31-44-17-18-45(32-90)94(44)46-36-109-37-46/h11-12,14-15,19-22,24-25,29-30,44-47,52-53,55,59-60,64,95H,17-18,23,26-28,31-37H2,1-10H3,(H,85,98)(H,86,101)(H,87,102)(H,89,99)(H2,103,104,105)/t44?,45?,47-,52-,53-,55-,59+,60+/m0/s1. The van der Waals surface area contributed by atoms with Crippen LogP contribution in [-0.2, 0) is 77.0 Å². The highest BCUT2D eigenvalue weighted by Gasteiger charge is 2.58. The van der Waals surface area contributed by atoms with Gasteiger partial charge in [0.05, 0.1) is 94.2 Å². The van der Waals surface area contributed by atoms with E-state index in [0.29, 0.717) is 106 Å². The molecular formula is C72H85F10N12O17P. The van der Waals surface area contributed by atoms with Crippen LogP contribution in [0.25, 0.3) is 11.3 Å². The molecule has 7 N–H and O–H groups in total. The van der Waals surface area contributed by atoms with Crippen LogP contribution >= 0.6 is 7.82 Å². The summed E-state index contributed by atoms with van der Waals surface area (Å²) in [6.45, 7) is 2.32. The summed E-state index contributed by atoms with van der Waals surface area (Å²) in [7, 11) is -3.10. The molecule has 112 heavy (non-hydrogen) atoms. The Morgan fingerprint density at radius 1 is 0.750 bits per heavy atom. The number of piperazine rings is 1. The molecule has 4 aliphatic heterocycles. The number of halogens is 10. The minimum Gasteiger partial charge on any atom is -0.467 e. The van der Waals surface area contributed by atoms with Crippen molar-refractivity contribution in [3.8, 4) is 28.8 Å². The third-order valence-corrected chi connectivity index (χ3v) is 20.6. The van der Waals surface area contributed by atoms with Crippen molar-refractivity contribution in [2.45, 2.75) is 172 Å². The molecule has 4 saturated heterocycles. The third kappa shape index (κ3) is 20.6. The first-order valence-corrected chi connectivity index (χ1v) is 36.5. The van der Waals surface area contributed by atoms with E-state index in [1.54, 1.807) is 5.32 Å². The van der Waals surface area contributed by atoms with Gasteiger partial charge in [0.15, 0.2) is 0 Å². The number of fused-ring (bicyclic) bond motifs is 2. The number of carbonyl (C=O) groups excluding carboxylic acids is 7. The molecular weight excluding hydrogens is 1530 g/mol. The molecule has 29 nitrogen and oxygen atoms in total. The lowest BCUT2D eigenvalue weighted by atomic mass is 9.77. The number of nitrogens with one attached hydrogen (secondary N) is 4. The van der Waals surface area contributed by atoms with Crippen LogP contribution in [0.1, 0.15) is 113 Å². The molecule has 0 saturated carbocycles. The van der Waals surface area contributed by atoms with E-state index in [-0.39, 0.29) is 33.4 Å². The number of aliphatic hydroxyl groups is 1. The van der Waals surface area contributed by atoms with Crippen molar-refractivity contribution < 1.29 is 125 Å². The normalized spacial score (nSPS) is 18.8. The highest BCUT2D eigenvalue weighted by atomic mass is 31.2. The number of aryl methyl sites for hydroxylation is 1. The van der Waals surface area contributed by atoms with Crippen molar-refractivity contribution in [1.82, 2.24) is 55.9 Å². The Balaban J connectivity index is 1.17. The zero-order chi connectivity index (χ0) is 82.5. The summed E-state index contributed by atoms with van der Waals surface area (Å²) in [5.74, 6) is -4.21. The van der Waals surface area contributed by atoms with Crippen LogP contribution in [-0.4, -0.2) is 219 Å².